The smallest absolute Gasteiger partial charge is 0.408 e. The number of nitrogens with zero attached hydrogens (tertiary/aromatic N) is 2. The first-order valence-electron chi connectivity index (χ1n) is 9.93. The average molecular weight is 473 g/mol. The topological polar surface area (TPSA) is 81.1 Å². The first-order valence-corrected chi connectivity index (χ1v) is 10.7. The third-order valence-electron chi connectivity index (χ3n) is 6.41. The van der Waals surface area contributed by atoms with Gasteiger partial charge in [0.05, 0.1) is 6.04 Å². The summed E-state index contributed by atoms with van der Waals surface area (Å²) in [6.07, 6.45) is -0.768. The second kappa shape index (κ2) is 7.10. The lowest BCUT2D eigenvalue weighted by Gasteiger charge is -2.51. The lowest BCUT2D eigenvalue weighted by Crippen LogP contribution is -2.67. The minimum Gasteiger partial charge on any atom is -0.465 e. The summed E-state index contributed by atoms with van der Waals surface area (Å²) in [6.45, 7) is 6.08. The van der Waals surface area contributed by atoms with Crippen molar-refractivity contribution in [3.8, 4) is 0 Å². The Bertz CT molecular complexity index is 1030. The van der Waals surface area contributed by atoms with Crippen molar-refractivity contribution in [2.75, 3.05) is 6.54 Å². The Kier molecular flexibility index (Phi) is 4.94. The van der Waals surface area contributed by atoms with Gasteiger partial charge in [-0.3, -0.25) is 9.69 Å². The molecule has 2 aliphatic rings. The van der Waals surface area contributed by atoms with Crippen LogP contribution < -0.4 is 0 Å². The van der Waals surface area contributed by atoms with Gasteiger partial charge in [0, 0.05) is 28.5 Å². The largest absolute Gasteiger partial charge is 0.465 e. The molecule has 0 aromatic heterocycles. The first kappa shape index (κ1) is 20.9. The number of carbonyl (C=O) groups excluding carboxylic acids is 1. The molecule has 2 N–H and O–H groups in total. The maximum absolute atomic E-state index is 13.4. The van der Waals surface area contributed by atoms with Gasteiger partial charge in [-0.15, -0.1) is 0 Å². The fourth-order valence-electron chi connectivity index (χ4n) is 4.72. The molecule has 0 fully saturated rings. The van der Waals surface area contributed by atoms with Crippen molar-refractivity contribution in [3.05, 3.63) is 69.2 Å². The molecule has 0 radical (unpaired) electrons. The van der Waals surface area contributed by atoms with Crippen LogP contribution in [0, 0.1) is 0 Å². The fraction of sp³-hybridized carbons (Fsp3) is 0.391. The zero-order chi connectivity index (χ0) is 21.8. The molecule has 2 aromatic rings. The van der Waals surface area contributed by atoms with Crippen LogP contribution in [0.1, 0.15) is 47.8 Å². The van der Waals surface area contributed by atoms with Crippen molar-refractivity contribution in [2.45, 2.75) is 50.9 Å². The zero-order valence-electron chi connectivity index (χ0n) is 17.2. The van der Waals surface area contributed by atoms with E-state index in [1.165, 1.54) is 9.80 Å². The van der Waals surface area contributed by atoms with Crippen molar-refractivity contribution in [2.24, 2.45) is 0 Å². The van der Waals surface area contributed by atoms with E-state index in [9.17, 15) is 19.8 Å². The van der Waals surface area contributed by atoms with Gasteiger partial charge in [0.25, 0.3) is 5.91 Å². The summed E-state index contributed by atoms with van der Waals surface area (Å²) in [7, 11) is 0. The summed E-state index contributed by atoms with van der Waals surface area (Å²) in [6, 6.07) is 12.4. The minimum atomic E-state index is -1.68. The van der Waals surface area contributed by atoms with Crippen LogP contribution in [0.4, 0.5) is 4.79 Å². The summed E-state index contributed by atoms with van der Waals surface area (Å²) in [5.74, 6) is -0.286. The van der Waals surface area contributed by atoms with Crippen molar-refractivity contribution in [1.29, 1.82) is 0 Å². The zero-order valence-corrected chi connectivity index (χ0v) is 18.8. The highest BCUT2D eigenvalue weighted by Crippen LogP contribution is 2.40. The summed E-state index contributed by atoms with van der Waals surface area (Å²) in [5.41, 5.74) is 1.29. The van der Waals surface area contributed by atoms with E-state index in [0.717, 1.165) is 21.2 Å². The number of aliphatic hydroxyl groups is 1. The van der Waals surface area contributed by atoms with Gasteiger partial charge in [-0.25, -0.2) is 4.79 Å². The molecule has 158 valence electrons. The SMILES string of the molecule is CC1(C)CN([C@](C)(O)C2Cc3ccccc3CN2C(=O)O)C(=O)c2ccc(Br)cc21. The highest BCUT2D eigenvalue weighted by atomic mass is 79.9. The van der Waals surface area contributed by atoms with Crippen LogP contribution in [0.3, 0.4) is 0 Å². The van der Waals surface area contributed by atoms with Crippen LogP contribution in [0.2, 0.25) is 0 Å². The van der Waals surface area contributed by atoms with E-state index >= 15 is 0 Å². The van der Waals surface area contributed by atoms with Gasteiger partial charge < -0.3 is 15.1 Å². The van der Waals surface area contributed by atoms with Gasteiger partial charge in [0.15, 0.2) is 5.72 Å². The predicted octanol–water partition coefficient (Wildman–Crippen LogP) is 4.00. The van der Waals surface area contributed by atoms with Crippen LogP contribution in [-0.2, 0) is 18.4 Å². The number of carbonyl (C=O) groups is 2. The Morgan fingerprint density at radius 2 is 1.87 bits per heavy atom. The number of fused-ring (bicyclic) bond motifs is 2. The molecule has 7 heteroatoms. The lowest BCUT2D eigenvalue weighted by atomic mass is 9.76. The number of rotatable bonds is 2. The molecule has 0 spiro atoms. The average Bonchev–Trinajstić information content (AvgIpc) is 2.69. The van der Waals surface area contributed by atoms with E-state index in [0.29, 0.717) is 12.0 Å². The van der Waals surface area contributed by atoms with Gasteiger partial charge in [0.1, 0.15) is 0 Å². The number of hydrogen-bond donors (Lipinski definition) is 2. The van der Waals surface area contributed by atoms with E-state index in [2.05, 4.69) is 15.9 Å². The van der Waals surface area contributed by atoms with E-state index < -0.39 is 23.3 Å². The summed E-state index contributed by atoms with van der Waals surface area (Å²) in [4.78, 5) is 28.2. The molecule has 2 heterocycles. The summed E-state index contributed by atoms with van der Waals surface area (Å²) < 4.78 is 0.892. The molecule has 0 saturated carbocycles. The predicted molar refractivity (Wildman–Crippen MR) is 116 cm³/mol. The van der Waals surface area contributed by atoms with E-state index in [1.807, 2.05) is 50.2 Å². The molecule has 2 atom stereocenters. The van der Waals surface area contributed by atoms with E-state index in [1.54, 1.807) is 13.0 Å². The Hall–Kier alpha value is -2.38. The molecule has 6 nitrogen and oxygen atoms in total. The highest BCUT2D eigenvalue weighted by Gasteiger charge is 2.51. The molecule has 0 aliphatic carbocycles. The second-order valence-corrected chi connectivity index (χ2v) is 9.87. The Morgan fingerprint density at radius 1 is 1.20 bits per heavy atom. The van der Waals surface area contributed by atoms with Crippen LogP contribution in [0.25, 0.3) is 0 Å². The molecule has 2 aliphatic heterocycles. The molecule has 1 unspecified atom stereocenters. The monoisotopic (exact) mass is 472 g/mol. The maximum atomic E-state index is 13.4. The number of hydrogen-bond acceptors (Lipinski definition) is 3. The Balaban J connectivity index is 1.76. The van der Waals surface area contributed by atoms with Crippen LogP contribution >= 0.6 is 15.9 Å². The lowest BCUT2D eigenvalue weighted by molar-refractivity contribution is -0.133. The molecule has 2 amide bonds. The maximum Gasteiger partial charge on any atom is 0.408 e. The van der Waals surface area contributed by atoms with Crippen molar-refractivity contribution >= 4 is 27.9 Å². The van der Waals surface area contributed by atoms with Gasteiger partial charge in [-0.05, 0) is 48.2 Å². The Labute approximate surface area is 184 Å². The molecular formula is C23H25BrN2O4. The van der Waals surface area contributed by atoms with E-state index in [-0.39, 0.29) is 19.0 Å². The van der Waals surface area contributed by atoms with Gasteiger partial charge in [-0.1, -0.05) is 54.0 Å². The van der Waals surface area contributed by atoms with E-state index in [4.69, 9.17) is 0 Å². The second-order valence-electron chi connectivity index (χ2n) is 8.96. The highest BCUT2D eigenvalue weighted by molar-refractivity contribution is 9.10. The molecule has 30 heavy (non-hydrogen) atoms. The standard InChI is InChI=1S/C23H25BrN2O4/c1-22(2)13-26(20(27)17-9-8-16(24)11-18(17)22)23(3,30)19-10-14-6-4-5-7-15(14)12-25(19)21(28)29/h4-9,11,19,30H,10,12-13H2,1-3H3,(H,28,29)/t19?,23-/m1/s1. The van der Waals surface area contributed by atoms with Crippen molar-refractivity contribution < 1.29 is 19.8 Å². The van der Waals surface area contributed by atoms with Crippen LogP contribution in [0.15, 0.2) is 46.9 Å². The van der Waals surface area contributed by atoms with Crippen LogP contribution in [0.5, 0.6) is 0 Å². The summed E-state index contributed by atoms with van der Waals surface area (Å²) >= 11 is 3.47. The number of halogens is 1. The third kappa shape index (κ3) is 3.30. The van der Waals surface area contributed by atoms with Gasteiger partial charge in [0.2, 0.25) is 0 Å². The Morgan fingerprint density at radius 3 is 2.53 bits per heavy atom. The quantitative estimate of drug-likeness (QED) is 0.691. The van der Waals surface area contributed by atoms with Crippen molar-refractivity contribution in [1.82, 2.24) is 9.80 Å². The normalized spacial score (nSPS) is 22.2. The molecule has 4 rings (SSSR count). The fourth-order valence-corrected chi connectivity index (χ4v) is 5.08. The van der Waals surface area contributed by atoms with Gasteiger partial charge >= 0.3 is 6.09 Å². The molecule has 0 bridgehead atoms. The molecular weight excluding hydrogens is 448 g/mol. The molecule has 2 aromatic carbocycles. The third-order valence-corrected chi connectivity index (χ3v) is 6.90. The minimum absolute atomic E-state index is 0.182. The first-order chi connectivity index (χ1) is 14.0. The molecule has 0 saturated heterocycles. The van der Waals surface area contributed by atoms with Gasteiger partial charge in [-0.2, -0.15) is 0 Å². The van der Waals surface area contributed by atoms with Crippen LogP contribution in [-0.4, -0.2) is 50.3 Å². The summed E-state index contributed by atoms with van der Waals surface area (Å²) in [5, 5.41) is 21.5. The number of carboxylic acid groups (broad SMARTS) is 1. The van der Waals surface area contributed by atoms with Crippen molar-refractivity contribution in [3.63, 3.8) is 0 Å². The number of benzene rings is 2. The number of amides is 2.